The van der Waals surface area contributed by atoms with Crippen LogP contribution in [0, 0.1) is 11.3 Å². The highest BCUT2D eigenvalue weighted by molar-refractivity contribution is 5.90. The van der Waals surface area contributed by atoms with Crippen LogP contribution >= 0.6 is 0 Å². The number of pyridine rings is 1. The number of piperidine rings is 1. The molecule has 0 amide bonds. The summed E-state index contributed by atoms with van der Waals surface area (Å²) >= 11 is 0. The van der Waals surface area contributed by atoms with Gasteiger partial charge >= 0.3 is 6.18 Å². The fourth-order valence-corrected chi connectivity index (χ4v) is 6.89. The SMILES string of the molecule is CN(CCCCCO)Cc1cc(OC2CCN(C3CC(CC#N)(n4cc(-c5ncnc6[nH]ccc56)cn4)C3)CC2)nc(C(F)(F)F)c1. The van der Waals surface area contributed by atoms with E-state index in [0.29, 0.717) is 37.8 Å². The molecule has 4 aromatic heterocycles. The first-order chi connectivity index (χ1) is 22.7. The van der Waals surface area contributed by atoms with Crippen LogP contribution in [0.15, 0.2) is 43.1 Å². The Bertz CT molecular complexity index is 1680. The molecule has 5 heterocycles. The van der Waals surface area contributed by atoms with Gasteiger partial charge in [-0.25, -0.2) is 15.0 Å². The van der Waals surface area contributed by atoms with Crippen LogP contribution < -0.4 is 4.74 Å². The number of hydrogen-bond donors (Lipinski definition) is 2. The van der Waals surface area contributed by atoms with Gasteiger partial charge in [-0.05, 0) is 76.2 Å². The molecule has 2 aliphatic rings. The Labute approximate surface area is 271 Å². The second-order valence-corrected chi connectivity index (χ2v) is 12.8. The molecule has 1 saturated heterocycles. The van der Waals surface area contributed by atoms with Crippen LogP contribution in [0.1, 0.15) is 62.6 Å². The number of likely N-dealkylation sites (tertiary alicyclic amines) is 1. The Kier molecular flexibility index (Phi) is 9.77. The van der Waals surface area contributed by atoms with Gasteiger partial charge in [0.2, 0.25) is 5.88 Å². The third-order valence-corrected chi connectivity index (χ3v) is 9.42. The molecule has 2 N–H and O–H groups in total. The Hall–Kier alpha value is -4.06. The van der Waals surface area contributed by atoms with Crippen LogP contribution in [0.2, 0.25) is 0 Å². The van der Waals surface area contributed by atoms with Crippen molar-refractivity contribution < 1.29 is 23.0 Å². The molecule has 14 heteroatoms. The van der Waals surface area contributed by atoms with Gasteiger partial charge in [-0.1, -0.05) is 0 Å². The molecule has 0 atom stereocenters. The monoisotopic (exact) mass is 651 g/mol. The van der Waals surface area contributed by atoms with Gasteiger partial charge in [0, 0.05) is 61.7 Å². The Morgan fingerprint density at radius 1 is 1.17 bits per heavy atom. The predicted molar refractivity (Wildman–Crippen MR) is 168 cm³/mol. The molecule has 47 heavy (non-hydrogen) atoms. The minimum atomic E-state index is -4.57. The van der Waals surface area contributed by atoms with Crippen LogP contribution in [-0.4, -0.2) is 90.1 Å². The van der Waals surface area contributed by atoms with Gasteiger partial charge in [-0.2, -0.15) is 23.5 Å². The Morgan fingerprint density at radius 2 is 1.98 bits per heavy atom. The number of nitriles is 1. The number of rotatable bonds is 13. The number of halogens is 3. The lowest BCUT2D eigenvalue weighted by Gasteiger charge is -2.52. The van der Waals surface area contributed by atoms with E-state index in [9.17, 15) is 18.4 Å². The fourth-order valence-electron chi connectivity index (χ4n) is 6.89. The van der Waals surface area contributed by atoms with Gasteiger partial charge in [-0.3, -0.25) is 9.58 Å². The van der Waals surface area contributed by atoms with Crippen LogP contribution in [0.3, 0.4) is 0 Å². The van der Waals surface area contributed by atoms with E-state index in [4.69, 9.17) is 9.84 Å². The Morgan fingerprint density at radius 3 is 2.72 bits per heavy atom. The summed E-state index contributed by atoms with van der Waals surface area (Å²) in [7, 11) is 1.87. The molecule has 250 valence electrons. The summed E-state index contributed by atoms with van der Waals surface area (Å²) in [5.74, 6) is 0.00808. The highest BCUT2D eigenvalue weighted by atomic mass is 19.4. The van der Waals surface area contributed by atoms with Crippen molar-refractivity contribution in [2.24, 2.45) is 0 Å². The summed E-state index contributed by atoms with van der Waals surface area (Å²) in [6.45, 7) is 2.70. The highest BCUT2D eigenvalue weighted by Gasteiger charge is 2.49. The average molecular weight is 652 g/mol. The van der Waals surface area contributed by atoms with E-state index < -0.39 is 17.4 Å². The zero-order valence-electron chi connectivity index (χ0n) is 26.5. The van der Waals surface area contributed by atoms with Crippen molar-refractivity contribution >= 4 is 11.0 Å². The second kappa shape index (κ2) is 14.0. The van der Waals surface area contributed by atoms with Gasteiger partial charge in [0.1, 0.15) is 23.8 Å². The lowest BCUT2D eigenvalue weighted by molar-refractivity contribution is -0.141. The maximum absolute atomic E-state index is 13.7. The molecule has 0 bridgehead atoms. The number of aliphatic hydroxyl groups excluding tert-OH is 1. The van der Waals surface area contributed by atoms with Crippen LogP contribution in [0.5, 0.6) is 5.88 Å². The van der Waals surface area contributed by atoms with Gasteiger partial charge in [0.25, 0.3) is 0 Å². The van der Waals surface area contributed by atoms with Gasteiger partial charge < -0.3 is 19.7 Å². The average Bonchev–Trinajstić information content (AvgIpc) is 3.72. The van der Waals surface area contributed by atoms with Gasteiger partial charge in [0.05, 0.1) is 29.9 Å². The fraction of sp³-hybridized carbons (Fsp3) is 0.545. The molecule has 4 aromatic rings. The molecule has 0 radical (unpaired) electrons. The minimum absolute atomic E-state index is 0.00808. The summed E-state index contributed by atoms with van der Waals surface area (Å²) in [5.41, 5.74) is 1.57. The third-order valence-electron chi connectivity index (χ3n) is 9.42. The maximum Gasteiger partial charge on any atom is 0.433 e. The van der Waals surface area contributed by atoms with E-state index in [1.54, 1.807) is 12.3 Å². The van der Waals surface area contributed by atoms with E-state index in [1.807, 2.05) is 35.1 Å². The Balaban J connectivity index is 1.06. The molecular weight excluding hydrogens is 611 g/mol. The molecule has 2 fully saturated rings. The van der Waals surface area contributed by atoms with E-state index in [2.05, 4.69) is 36.0 Å². The number of alkyl halides is 3. The number of fused-ring (bicyclic) bond motifs is 1. The van der Waals surface area contributed by atoms with Crippen molar-refractivity contribution in [2.45, 2.75) is 81.8 Å². The van der Waals surface area contributed by atoms with Crippen LogP contribution in [0.4, 0.5) is 13.2 Å². The summed E-state index contributed by atoms with van der Waals surface area (Å²) in [6.07, 6.45) is 7.98. The summed E-state index contributed by atoms with van der Waals surface area (Å²) < 4.78 is 49.1. The lowest BCUT2D eigenvalue weighted by Crippen LogP contribution is -2.58. The predicted octanol–water partition coefficient (Wildman–Crippen LogP) is 5.14. The molecule has 11 nitrogen and oxygen atoms in total. The quantitative estimate of drug-likeness (QED) is 0.189. The molecular formula is C33H40F3N9O2. The van der Waals surface area contributed by atoms with E-state index >= 15 is 0 Å². The largest absolute Gasteiger partial charge is 0.474 e. The molecule has 0 aromatic carbocycles. The van der Waals surface area contributed by atoms with Crippen molar-refractivity contribution in [1.82, 2.24) is 39.5 Å². The number of hydrogen-bond acceptors (Lipinski definition) is 9. The first kappa shape index (κ1) is 32.9. The standard InChI is InChI=1S/C33H40F3N9O2/c1-43(11-3-2-4-14-46)20-23-15-28(33(34,35)36)42-29(16-23)47-26-6-12-44(13-7-26)25-17-32(18-25,8-9-37)45-21-24(19-41-45)30-27-5-10-38-31(27)40-22-39-30/h5,10,15-16,19,21-22,25-26,46H,2-4,6-8,11-14,17-18,20H2,1H3,(H,38,39,40). The molecule has 0 spiro atoms. The first-order valence-corrected chi connectivity index (χ1v) is 16.2. The first-order valence-electron chi connectivity index (χ1n) is 16.2. The second-order valence-electron chi connectivity index (χ2n) is 12.8. The lowest BCUT2D eigenvalue weighted by atomic mass is 9.69. The summed E-state index contributed by atoms with van der Waals surface area (Å²) in [6, 6.07) is 7.29. The summed E-state index contributed by atoms with van der Waals surface area (Å²) in [5, 5.41) is 24.2. The topological polar surface area (TPSA) is 132 Å². The highest BCUT2D eigenvalue weighted by Crippen LogP contribution is 2.45. The number of nitrogens with one attached hydrogen (secondary N) is 1. The van der Waals surface area contributed by atoms with Gasteiger partial charge in [-0.15, -0.1) is 0 Å². The smallest absolute Gasteiger partial charge is 0.433 e. The molecule has 1 aliphatic carbocycles. The maximum atomic E-state index is 13.7. The van der Waals surface area contributed by atoms with Crippen molar-refractivity contribution in [1.29, 1.82) is 5.26 Å². The van der Waals surface area contributed by atoms with E-state index in [1.165, 1.54) is 6.33 Å². The molecule has 1 saturated carbocycles. The van der Waals surface area contributed by atoms with Crippen molar-refractivity contribution in [3.63, 3.8) is 0 Å². The van der Waals surface area contributed by atoms with Crippen molar-refractivity contribution in [3.8, 4) is 23.2 Å². The number of H-pyrrole nitrogens is 1. The number of aromatic nitrogens is 6. The van der Waals surface area contributed by atoms with Crippen LogP contribution in [-0.2, 0) is 18.3 Å². The number of aromatic amines is 1. The number of nitrogens with zero attached hydrogens (tertiary/aromatic N) is 8. The zero-order chi connectivity index (χ0) is 33.0. The number of aliphatic hydroxyl groups is 1. The normalized spacial score (nSPS) is 20.8. The van der Waals surface area contributed by atoms with Crippen molar-refractivity contribution in [2.75, 3.05) is 33.3 Å². The van der Waals surface area contributed by atoms with E-state index in [0.717, 1.165) is 73.7 Å². The van der Waals surface area contributed by atoms with Gasteiger partial charge in [0.15, 0.2) is 0 Å². The third kappa shape index (κ3) is 7.42. The number of ether oxygens (including phenoxy) is 1. The zero-order valence-corrected chi connectivity index (χ0v) is 26.5. The van der Waals surface area contributed by atoms with E-state index in [-0.39, 0.29) is 24.6 Å². The summed E-state index contributed by atoms with van der Waals surface area (Å²) in [4.78, 5) is 20.0. The molecule has 6 rings (SSSR count). The van der Waals surface area contributed by atoms with Crippen LogP contribution in [0.25, 0.3) is 22.3 Å². The van der Waals surface area contributed by atoms with Crippen molar-refractivity contribution in [3.05, 3.63) is 54.4 Å². The molecule has 1 aliphatic heterocycles. The number of unbranched alkanes of at least 4 members (excludes halogenated alkanes) is 2. The molecule has 0 unspecified atom stereocenters. The minimum Gasteiger partial charge on any atom is -0.474 e.